The van der Waals surface area contributed by atoms with Gasteiger partial charge in [-0.05, 0) is 17.9 Å². The predicted molar refractivity (Wildman–Crippen MR) is 60.4 cm³/mol. The van der Waals surface area contributed by atoms with Crippen molar-refractivity contribution in [2.75, 3.05) is 32.2 Å². The number of carbonyl (C=O) groups excluding carboxylic acids is 1. The Morgan fingerprint density at radius 2 is 2.29 bits per heavy atom. The Bertz CT molecular complexity index is 163. The van der Waals surface area contributed by atoms with Crippen LogP contribution >= 0.6 is 11.8 Å². The number of methoxy groups -OCH3 is 1. The van der Waals surface area contributed by atoms with E-state index in [1.54, 1.807) is 11.8 Å². The number of nitrogens with one attached hydrogen (secondary N) is 1. The van der Waals surface area contributed by atoms with Gasteiger partial charge < -0.3 is 15.8 Å². The minimum absolute atomic E-state index is 0.122. The minimum atomic E-state index is -0.517. The van der Waals surface area contributed by atoms with Crippen LogP contribution in [-0.4, -0.2) is 44.2 Å². The molecule has 0 heterocycles. The Morgan fingerprint density at radius 1 is 1.64 bits per heavy atom. The van der Waals surface area contributed by atoms with Crippen LogP contribution in [0.1, 0.15) is 6.92 Å². The molecule has 0 aliphatic heterocycles. The van der Waals surface area contributed by atoms with E-state index >= 15 is 0 Å². The molecular formula is C9H20N2O2S. The van der Waals surface area contributed by atoms with E-state index in [4.69, 9.17) is 10.5 Å². The van der Waals surface area contributed by atoms with Crippen molar-refractivity contribution in [2.24, 2.45) is 11.7 Å². The van der Waals surface area contributed by atoms with E-state index in [1.807, 2.05) is 0 Å². The summed E-state index contributed by atoms with van der Waals surface area (Å²) in [4.78, 5) is 11.4. The number of ether oxygens (including phenoxy) is 1. The second-order valence-electron chi connectivity index (χ2n) is 3.27. The molecule has 0 aliphatic carbocycles. The minimum Gasteiger partial charge on any atom is -0.370 e. The van der Waals surface area contributed by atoms with E-state index in [0.29, 0.717) is 12.5 Å². The molecule has 5 heteroatoms. The summed E-state index contributed by atoms with van der Waals surface area (Å²) in [5, 5.41) is 2.81. The van der Waals surface area contributed by atoms with Crippen LogP contribution in [0.2, 0.25) is 0 Å². The largest absolute Gasteiger partial charge is 0.370 e. The molecular weight excluding hydrogens is 200 g/mol. The Hall–Kier alpha value is -0.260. The molecule has 0 bridgehead atoms. The summed E-state index contributed by atoms with van der Waals surface area (Å²) < 4.78 is 4.91. The third kappa shape index (κ3) is 5.47. The average Bonchev–Trinajstić information content (AvgIpc) is 2.17. The quantitative estimate of drug-likeness (QED) is 0.637. The second kappa shape index (κ2) is 8.08. The highest BCUT2D eigenvalue weighted by Crippen LogP contribution is 2.02. The molecule has 0 fully saturated rings. The molecule has 0 saturated carbocycles. The number of carbonyl (C=O) groups is 1. The number of amides is 1. The zero-order valence-electron chi connectivity index (χ0n) is 9.08. The molecule has 1 amide bonds. The zero-order chi connectivity index (χ0) is 11.0. The van der Waals surface area contributed by atoms with Crippen LogP contribution in [0, 0.1) is 5.92 Å². The lowest BCUT2D eigenvalue weighted by Crippen LogP contribution is -2.42. The van der Waals surface area contributed by atoms with Crippen molar-refractivity contribution in [1.29, 1.82) is 0 Å². The van der Waals surface area contributed by atoms with Crippen molar-refractivity contribution in [3.63, 3.8) is 0 Å². The Kier molecular flexibility index (Phi) is 7.93. The number of nitrogens with two attached hydrogens (primary N) is 1. The third-order valence-corrected chi connectivity index (χ3v) is 2.77. The van der Waals surface area contributed by atoms with Gasteiger partial charge in [0.15, 0.2) is 0 Å². The first-order valence-electron chi connectivity index (χ1n) is 4.65. The van der Waals surface area contributed by atoms with E-state index in [0.717, 1.165) is 5.75 Å². The van der Waals surface area contributed by atoms with Crippen molar-refractivity contribution >= 4 is 17.7 Å². The molecule has 0 spiro atoms. The molecule has 0 rings (SSSR count). The maximum absolute atomic E-state index is 11.4. The molecule has 0 saturated heterocycles. The molecule has 0 aromatic rings. The summed E-state index contributed by atoms with van der Waals surface area (Å²) >= 11 is 1.77. The Labute approximate surface area is 89.9 Å². The van der Waals surface area contributed by atoms with Crippen LogP contribution in [0.25, 0.3) is 0 Å². The molecule has 0 aromatic heterocycles. The predicted octanol–water partition coefficient (Wildman–Crippen LogP) is 0.0754. The van der Waals surface area contributed by atoms with Crippen LogP contribution in [0.5, 0.6) is 0 Å². The van der Waals surface area contributed by atoms with Gasteiger partial charge in [0.1, 0.15) is 6.10 Å². The van der Waals surface area contributed by atoms with Crippen LogP contribution in [0.4, 0.5) is 0 Å². The molecule has 0 aliphatic rings. The molecule has 0 radical (unpaired) electrons. The van der Waals surface area contributed by atoms with Crippen LogP contribution in [0.15, 0.2) is 0 Å². The summed E-state index contributed by atoms with van der Waals surface area (Å²) in [6, 6.07) is 0. The standard InChI is InChI=1S/C9H20N2O2S/c1-7(6-14-3)5-11-9(12)8(4-10)13-2/h7-8H,4-6,10H2,1-3H3,(H,11,12). The summed E-state index contributed by atoms with van der Waals surface area (Å²) in [6.07, 6.45) is 1.53. The summed E-state index contributed by atoms with van der Waals surface area (Å²) in [5.41, 5.74) is 5.36. The first-order valence-corrected chi connectivity index (χ1v) is 6.04. The summed E-state index contributed by atoms with van der Waals surface area (Å²) in [7, 11) is 1.49. The van der Waals surface area contributed by atoms with Gasteiger partial charge in [0.2, 0.25) is 5.91 Å². The van der Waals surface area contributed by atoms with Crippen LogP contribution in [0.3, 0.4) is 0 Å². The lowest BCUT2D eigenvalue weighted by atomic mass is 10.2. The van der Waals surface area contributed by atoms with Gasteiger partial charge in [0.05, 0.1) is 0 Å². The Balaban J connectivity index is 3.71. The van der Waals surface area contributed by atoms with Crippen molar-refractivity contribution in [1.82, 2.24) is 5.32 Å². The second-order valence-corrected chi connectivity index (χ2v) is 4.18. The van der Waals surface area contributed by atoms with Gasteiger partial charge in [-0.3, -0.25) is 4.79 Å². The van der Waals surface area contributed by atoms with E-state index in [1.165, 1.54) is 7.11 Å². The fourth-order valence-corrected chi connectivity index (χ4v) is 1.73. The van der Waals surface area contributed by atoms with Crippen LogP contribution in [-0.2, 0) is 9.53 Å². The summed E-state index contributed by atoms with van der Waals surface area (Å²) in [6.45, 7) is 3.00. The average molecular weight is 220 g/mol. The highest BCUT2D eigenvalue weighted by atomic mass is 32.2. The lowest BCUT2D eigenvalue weighted by molar-refractivity contribution is -0.130. The highest BCUT2D eigenvalue weighted by Gasteiger charge is 2.15. The van der Waals surface area contributed by atoms with Gasteiger partial charge in [-0.15, -0.1) is 0 Å². The van der Waals surface area contributed by atoms with Gasteiger partial charge in [0.25, 0.3) is 0 Å². The summed E-state index contributed by atoms with van der Waals surface area (Å²) in [5.74, 6) is 1.40. The van der Waals surface area contributed by atoms with Gasteiger partial charge >= 0.3 is 0 Å². The smallest absolute Gasteiger partial charge is 0.250 e. The van der Waals surface area contributed by atoms with Gasteiger partial charge in [-0.2, -0.15) is 11.8 Å². The first kappa shape index (κ1) is 13.7. The normalized spacial score (nSPS) is 14.9. The molecule has 0 aromatic carbocycles. The molecule has 84 valence electrons. The van der Waals surface area contributed by atoms with Crippen LogP contribution < -0.4 is 11.1 Å². The number of hydrogen-bond acceptors (Lipinski definition) is 4. The van der Waals surface area contributed by atoms with E-state index in [9.17, 15) is 4.79 Å². The van der Waals surface area contributed by atoms with Gasteiger partial charge in [-0.1, -0.05) is 6.92 Å². The lowest BCUT2D eigenvalue weighted by Gasteiger charge is -2.15. The van der Waals surface area contributed by atoms with Crippen molar-refractivity contribution in [2.45, 2.75) is 13.0 Å². The molecule has 2 atom stereocenters. The maximum Gasteiger partial charge on any atom is 0.250 e. The molecule has 14 heavy (non-hydrogen) atoms. The number of hydrogen-bond donors (Lipinski definition) is 2. The molecule has 2 unspecified atom stereocenters. The first-order chi connectivity index (χ1) is 6.65. The van der Waals surface area contributed by atoms with Gasteiger partial charge in [0, 0.05) is 20.2 Å². The SMILES string of the molecule is COC(CN)C(=O)NCC(C)CSC. The zero-order valence-corrected chi connectivity index (χ0v) is 9.89. The van der Waals surface area contributed by atoms with Crippen molar-refractivity contribution < 1.29 is 9.53 Å². The van der Waals surface area contributed by atoms with E-state index in [-0.39, 0.29) is 12.5 Å². The fourth-order valence-electron chi connectivity index (χ4n) is 1.04. The number of thioether (sulfide) groups is 1. The van der Waals surface area contributed by atoms with E-state index < -0.39 is 6.10 Å². The number of rotatable bonds is 7. The maximum atomic E-state index is 11.4. The molecule has 3 N–H and O–H groups in total. The van der Waals surface area contributed by atoms with Gasteiger partial charge in [-0.25, -0.2) is 0 Å². The molecule has 4 nitrogen and oxygen atoms in total. The topological polar surface area (TPSA) is 64.3 Å². The Morgan fingerprint density at radius 3 is 2.71 bits per heavy atom. The highest BCUT2D eigenvalue weighted by molar-refractivity contribution is 7.98. The van der Waals surface area contributed by atoms with E-state index in [2.05, 4.69) is 18.5 Å². The van der Waals surface area contributed by atoms with Crippen molar-refractivity contribution in [3.05, 3.63) is 0 Å². The van der Waals surface area contributed by atoms with Crippen molar-refractivity contribution in [3.8, 4) is 0 Å². The monoisotopic (exact) mass is 220 g/mol. The fraction of sp³-hybridized carbons (Fsp3) is 0.889. The third-order valence-electron chi connectivity index (χ3n) is 1.87.